The van der Waals surface area contributed by atoms with Crippen LogP contribution in [0.3, 0.4) is 0 Å². The number of aliphatic hydroxyl groups excluding tert-OH is 1. The number of Topliss-reactive ketones (excluding diaryl/α,β-unsaturated/α-hetero) is 1. The Morgan fingerprint density at radius 3 is 2.70 bits per heavy atom. The molecular formula is C29H26FN3O5S2. The number of ketones is 1. The molecule has 4 aromatic rings. The molecule has 206 valence electrons. The topological polar surface area (TPSA) is 106 Å². The zero-order valence-corrected chi connectivity index (χ0v) is 23.4. The SMILES string of the molecule is CC(C)CCOc1cccc(C2C(C(=O)c3ccco3)=C(O)C(=O)N2c2nnc(SCc3ccc(F)cc3)s2)c1. The molecule has 8 nitrogen and oxygen atoms in total. The van der Waals surface area contributed by atoms with Crippen molar-refractivity contribution in [2.45, 2.75) is 36.4 Å². The van der Waals surface area contributed by atoms with E-state index in [9.17, 15) is 19.1 Å². The summed E-state index contributed by atoms with van der Waals surface area (Å²) in [5.41, 5.74) is 1.35. The Morgan fingerprint density at radius 1 is 1.18 bits per heavy atom. The molecule has 0 spiro atoms. The normalized spacial score (nSPS) is 15.3. The Morgan fingerprint density at radius 2 is 1.98 bits per heavy atom. The van der Waals surface area contributed by atoms with Crippen molar-refractivity contribution in [1.82, 2.24) is 10.2 Å². The van der Waals surface area contributed by atoms with Gasteiger partial charge in [-0.25, -0.2) is 4.39 Å². The van der Waals surface area contributed by atoms with E-state index in [1.165, 1.54) is 41.1 Å². The molecular weight excluding hydrogens is 553 g/mol. The van der Waals surface area contributed by atoms with Crippen LogP contribution < -0.4 is 9.64 Å². The molecule has 0 radical (unpaired) electrons. The molecule has 3 heterocycles. The molecule has 1 amide bonds. The van der Waals surface area contributed by atoms with Crippen LogP contribution in [0.15, 0.2) is 87.0 Å². The third-order valence-electron chi connectivity index (χ3n) is 6.21. The van der Waals surface area contributed by atoms with Crippen LogP contribution in [0.5, 0.6) is 5.75 Å². The third kappa shape index (κ3) is 5.95. The number of anilines is 1. The molecule has 0 saturated carbocycles. The zero-order valence-electron chi connectivity index (χ0n) is 21.7. The first-order valence-electron chi connectivity index (χ1n) is 12.6. The Kier molecular flexibility index (Phi) is 8.32. The van der Waals surface area contributed by atoms with Gasteiger partial charge in [0.25, 0.3) is 5.91 Å². The fourth-order valence-corrected chi connectivity index (χ4v) is 5.98. The summed E-state index contributed by atoms with van der Waals surface area (Å²) in [6.45, 7) is 4.73. The quantitative estimate of drug-likeness (QED) is 0.118. The van der Waals surface area contributed by atoms with E-state index in [1.807, 2.05) is 0 Å². The second-order valence-corrected chi connectivity index (χ2v) is 11.7. The van der Waals surface area contributed by atoms with Crippen molar-refractivity contribution >= 4 is 39.9 Å². The van der Waals surface area contributed by atoms with Crippen molar-refractivity contribution in [3.63, 3.8) is 0 Å². The highest BCUT2D eigenvalue weighted by atomic mass is 32.2. The van der Waals surface area contributed by atoms with Gasteiger partial charge >= 0.3 is 0 Å². The number of carbonyl (C=O) groups excluding carboxylic acids is 2. The molecule has 2 aromatic carbocycles. The van der Waals surface area contributed by atoms with Crippen molar-refractivity contribution in [2.24, 2.45) is 5.92 Å². The number of ether oxygens (including phenoxy) is 1. The summed E-state index contributed by atoms with van der Waals surface area (Å²) in [4.78, 5) is 28.2. The van der Waals surface area contributed by atoms with Crippen molar-refractivity contribution in [3.8, 4) is 5.75 Å². The number of aliphatic hydroxyl groups is 1. The minimum Gasteiger partial charge on any atom is -0.503 e. The highest BCUT2D eigenvalue weighted by molar-refractivity contribution is 8.00. The Hall–Kier alpha value is -3.96. The lowest BCUT2D eigenvalue weighted by Crippen LogP contribution is -2.31. The highest BCUT2D eigenvalue weighted by Gasteiger charge is 2.46. The molecule has 0 fully saturated rings. The number of furan rings is 1. The van der Waals surface area contributed by atoms with Gasteiger partial charge < -0.3 is 14.3 Å². The average molecular weight is 580 g/mol. The van der Waals surface area contributed by atoms with Crippen LogP contribution in [-0.2, 0) is 10.5 Å². The maximum atomic E-state index is 13.5. The number of benzene rings is 2. The lowest BCUT2D eigenvalue weighted by Gasteiger charge is -2.24. The Labute approximate surface area is 238 Å². The van der Waals surface area contributed by atoms with E-state index in [2.05, 4.69) is 24.0 Å². The number of amides is 1. The summed E-state index contributed by atoms with van der Waals surface area (Å²) >= 11 is 2.54. The maximum absolute atomic E-state index is 13.5. The second kappa shape index (κ2) is 12.1. The summed E-state index contributed by atoms with van der Waals surface area (Å²) < 4.78 is 25.0. The Balaban J connectivity index is 1.47. The minimum atomic E-state index is -0.985. The molecule has 1 aliphatic heterocycles. The largest absolute Gasteiger partial charge is 0.503 e. The number of nitrogens with zero attached hydrogens (tertiary/aromatic N) is 3. The third-order valence-corrected chi connectivity index (χ3v) is 8.34. The predicted molar refractivity (Wildman–Crippen MR) is 150 cm³/mol. The molecule has 1 aliphatic rings. The van der Waals surface area contributed by atoms with Crippen LogP contribution in [0.1, 0.15) is 48.0 Å². The van der Waals surface area contributed by atoms with Gasteiger partial charge in [-0.1, -0.05) is 61.2 Å². The predicted octanol–water partition coefficient (Wildman–Crippen LogP) is 6.77. The number of halogens is 1. The van der Waals surface area contributed by atoms with Gasteiger partial charge in [0.05, 0.1) is 24.5 Å². The average Bonchev–Trinajstić information content (AvgIpc) is 3.69. The minimum absolute atomic E-state index is 0.00153. The number of aromatic nitrogens is 2. The molecule has 1 unspecified atom stereocenters. The smallest absolute Gasteiger partial charge is 0.296 e. The van der Waals surface area contributed by atoms with Gasteiger partial charge in [0.1, 0.15) is 11.6 Å². The van der Waals surface area contributed by atoms with E-state index in [1.54, 1.807) is 42.5 Å². The first-order valence-corrected chi connectivity index (χ1v) is 14.4. The molecule has 5 rings (SSSR count). The zero-order chi connectivity index (χ0) is 28.2. The number of hydrogen-bond donors (Lipinski definition) is 1. The van der Waals surface area contributed by atoms with Crippen molar-refractivity contribution in [1.29, 1.82) is 0 Å². The van der Waals surface area contributed by atoms with Crippen LogP contribution in [0, 0.1) is 11.7 Å². The second-order valence-electron chi connectivity index (χ2n) is 9.52. The molecule has 40 heavy (non-hydrogen) atoms. The maximum Gasteiger partial charge on any atom is 0.296 e. The van der Waals surface area contributed by atoms with E-state index in [4.69, 9.17) is 9.15 Å². The van der Waals surface area contributed by atoms with Crippen LogP contribution in [-0.4, -0.2) is 33.6 Å². The lowest BCUT2D eigenvalue weighted by molar-refractivity contribution is -0.117. The summed E-state index contributed by atoms with van der Waals surface area (Å²) in [6.07, 6.45) is 2.22. The van der Waals surface area contributed by atoms with E-state index in [-0.39, 0.29) is 22.3 Å². The Bertz CT molecular complexity index is 1530. The summed E-state index contributed by atoms with van der Waals surface area (Å²) in [5.74, 6) is -0.792. The van der Waals surface area contributed by atoms with Crippen molar-refractivity contribution < 1.29 is 28.2 Å². The van der Waals surface area contributed by atoms with Crippen molar-refractivity contribution in [2.75, 3.05) is 11.5 Å². The van der Waals surface area contributed by atoms with E-state index in [0.29, 0.717) is 33.9 Å². The van der Waals surface area contributed by atoms with Gasteiger partial charge in [-0.3, -0.25) is 14.5 Å². The molecule has 0 saturated heterocycles. The molecule has 0 bridgehead atoms. The fourth-order valence-electron chi connectivity index (χ4n) is 4.16. The fraction of sp³-hybridized carbons (Fsp3) is 0.241. The molecule has 1 N–H and O–H groups in total. The number of rotatable bonds is 11. The summed E-state index contributed by atoms with van der Waals surface area (Å²) in [6, 6.07) is 15.3. The first kappa shape index (κ1) is 27.6. The standard InChI is InChI=1S/C29H26FN3O5S2/c1-17(2)12-14-37-21-6-3-5-19(15-21)24-23(25(34)22-7-4-13-38-22)26(35)27(36)33(24)28-31-32-29(40-28)39-16-18-8-10-20(30)11-9-18/h3-11,13,15,17,24,35H,12,14,16H2,1-2H3. The summed E-state index contributed by atoms with van der Waals surface area (Å²) in [5, 5.41) is 19.6. The van der Waals surface area contributed by atoms with Crippen LogP contribution >= 0.6 is 23.1 Å². The van der Waals surface area contributed by atoms with Crippen LogP contribution in [0.2, 0.25) is 0 Å². The lowest BCUT2D eigenvalue weighted by atomic mass is 9.95. The molecule has 1 atom stereocenters. The van der Waals surface area contributed by atoms with Gasteiger partial charge in [0, 0.05) is 5.75 Å². The number of hydrogen-bond acceptors (Lipinski definition) is 9. The number of thioether (sulfide) groups is 1. The van der Waals surface area contributed by atoms with Gasteiger partial charge in [0.2, 0.25) is 10.9 Å². The van der Waals surface area contributed by atoms with E-state index >= 15 is 0 Å². The monoisotopic (exact) mass is 579 g/mol. The van der Waals surface area contributed by atoms with E-state index < -0.39 is 23.5 Å². The van der Waals surface area contributed by atoms with Gasteiger partial charge in [-0.05, 0) is 59.9 Å². The van der Waals surface area contributed by atoms with Gasteiger partial charge in [-0.2, -0.15) is 0 Å². The molecule has 2 aromatic heterocycles. The van der Waals surface area contributed by atoms with Gasteiger partial charge in [-0.15, -0.1) is 10.2 Å². The molecule has 0 aliphatic carbocycles. The summed E-state index contributed by atoms with van der Waals surface area (Å²) in [7, 11) is 0. The van der Waals surface area contributed by atoms with Crippen molar-refractivity contribution in [3.05, 3.63) is 101 Å². The van der Waals surface area contributed by atoms with Crippen LogP contribution in [0.4, 0.5) is 9.52 Å². The molecule has 11 heteroatoms. The first-order chi connectivity index (χ1) is 19.3. The van der Waals surface area contributed by atoms with Crippen LogP contribution in [0.25, 0.3) is 0 Å². The van der Waals surface area contributed by atoms with Gasteiger partial charge in [0.15, 0.2) is 15.9 Å². The number of carbonyl (C=O) groups is 2. The van der Waals surface area contributed by atoms with E-state index in [0.717, 1.165) is 23.3 Å². The highest BCUT2D eigenvalue weighted by Crippen LogP contribution is 2.44.